The summed E-state index contributed by atoms with van der Waals surface area (Å²) in [5, 5.41) is 119. The molecule has 0 radical (unpaired) electrons. The Morgan fingerprint density at radius 1 is 0.118 bits per heavy atom. The van der Waals surface area contributed by atoms with Crippen molar-refractivity contribution in [2.75, 3.05) is 79.3 Å². The van der Waals surface area contributed by atoms with Gasteiger partial charge in [0, 0.05) is 0 Å². The van der Waals surface area contributed by atoms with Crippen LogP contribution in [0.1, 0.15) is 249 Å². The van der Waals surface area contributed by atoms with Crippen LogP contribution in [0.5, 0.6) is 0 Å². The van der Waals surface area contributed by atoms with E-state index in [1.54, 1.807) is 0 Å². The second-order valence-corrected chi connectivity index (χ2v) is 32.5. The molecule has 0 unspecified atom stereocenters. The molecule has 0 saturated heterocycles. The van der Waals surface area contributed by atoms with Gasteiger partial charge in [0.1, 0.15) is 0 Å². The van der Waals surface area contributed by atoms with Crippen LogP contribution in [0.3, 0.4) is 0 Å². The summed E-state index contributed by atoms with van der Waals surface area (Å²) in [7, 11) is 0. The Balaban J connectivity index is -0.0000000367. The molecule has 12 nitrogen and oxygen atoms in total. The van der Waals surface area contributed by atoms with E-state index in [9.17, 15) is 61.3 Å². The minimum Gasteiger partial charge on any atom is -0.854 e. The number of hydrogen-bond acceptors (Lipinski definition) is 12. The molecule has 0 fully saturated rings. The maximum Gasteiger partial charge on any atom is 3.00 e. The van der Waals surface area contributed by atoms with Gasteiger partial charge in [-0.3, -0.25) is 0 Å². The van der Waals surface area contributed by atoms with Gasteiger partial charge in [0.25, 0.3) is 0 Å². The molecule has 0 aromatic carbocycles. The van der Waals surface area contributed by atoms with Gasteiger partial charge in [-0.15, -0.1) is 79.3 Å². The smallest absolute Gasteiger partial charge is 0.854 e. The van der Waals surface area contributed by atoms with E-state index in [1.807, 2.05) is 249 Å². The number of hydrogen-bond donors (Lipinski definition) is 0. The van der Waals surface area contributed by atoms with Gasteiger partial charge < -0.3 is 61.3 Å². The van der Waals surface area contributed by atoms with Crippen LogP contribution in [0, 0.1) is 216 Å². The SMILES string of the molecule is CC(C)(C)C[O-].CC(C)(C)C[O-].CC(C)(C)C[O-].CC(C)(C)C[O-].CC(C)(C)C[O-].CC(C)(C)C[O-].CC(C)(C)C[O-].CC(C)(C)C[O-].CC(C)(C)C[O-].CC(C)(C)C[O-].CC(C)(C)C[O-].CC(C)(C)C[O-].[Ho+3].[Ho+3].[Ho+3].[Ho+3]. The van der Waals surface area contributed by atoms with E-state index in [0.29, 0.717) is 0 Å². The molecule has 0 aliphatic heterocycles. The Hall–Kier alpha value is 4.56. The molecule has 0 aromatic heterocycles. The standard InChI is InChI=1S/12C5H11O.4Ho/c12*1-5(2,3)4-6;;;;/h12*4H2,1-3H3;;;;/q12*-1;4*+3. The summed E-state index contributed by atoms with van der Waals surface area (Å²) < 4.78 is 0. The summed E-state index contributed by atoms with van der Waals surface area (Å²) in [4.78, 5) is 0. The van der Waals surface area contributed by atoms with E-state index in [1.165, 1.54) is 0 Å². The van der Waals surface area contributed by atoms with Crippen molar-refractivity contribution in [3.8, 4) is 0 Å². The van der Waals surface area contributed by atoms with Crippen LogP contribution in [-0.4, -0.2) is 79.3 Å². The third-order valence-corrected chi connectivity index (χ3v) is 5.20. The first-order valence-corrected chi connectivity index (χ1v) is 25.7. The summed E-state index contributed by atoms with van der Waals surface area (Å²) in [6.07, 6.45) is 0. The van der Waals surface area contributed by atoms with E-state index >= 15 is 0 Å². The average Bonchev–Trinajstić information content (AvgIpc) is 3.17. The first-order chi connectivity index (χ1) is 30.7. The quantitative estimate of drug-likeness (QED) is 0.298. The van der Waals surface area contributed by atoms with Crippen LogP contribution in [0.2, 0.25) is 0 Å². The zero-order valence-electron chi connectivity index (χ0n) is 56.6. The molecule has 0 atom stereocenters. The molecule has 0 aromatic rings. The van der Waals surface area contributed by atoms with Crippen molar-refractivity contribution in [1.29, 1.82) is 0 Å². The summed E-state index contributed by atoms with van der Waals surface area (Å²) in [6.45, 7) is 69.8. The van der Waals surface area contributed by atoms with Crippen molar-refractivity contribution in [1.82, 2.24) is 0 Å². The molecule has 0 spiro atoms. The second kappa shape index (κ2) is 62.6. The molecule has 0 amide bonds. The molecular weight excluding hydrogens is 1570 g/mol. The summed E-state index contributed by atoms with van der Waals surface area (Å²) >= 11 is 0. The van der Waals surface area contributed by atoms with Gasteiger partial charge >= 0.3 is 151 Å². The predicted octanol–water partition coefficient (Wildman–Crippen LogP) is 4.71. The molecule has 488 valence electrons. The Labute approximate surface area is 597 Å². The fourth-order valence-corrected chi connectivity index (χ4v) is 0. The minimum atomic E-state index is -0.0139. The molecule has 76 heavy (non-hydrogen) atoms. The normalized spacial score (nSPS) is 11.4. The van der Waals surface area contributed by atoms with Gasteiger partial charge in [0.2, 0.25) is 0 Å². The van der Waals surface area contributed by atoms with Gasteiger partial charge in [-0.05, 0) is 0 Å². The number of rotatable bonds is 0. The largest absolute Gasteiger partial charge is 3.00 e. The van der Waals surface area contributed by atoms with Gasteiger partial charge in [0.15, 0.2) is 0 Å². The van der Waals surface area contributed by atoms with Crippen LogP contribution >= 0.6 is 0 Å². The summed E-state index contributed by atoms with van der Waals surface area (Å²) in [5.74, 6) is 0. The molecule has 0 saturated carbocycles. The molecule has 0 N–H and O–H groups in total. The van der Waals surface area contributed by atoms with E-state index < -0.39 is 0 Å². The predicted molar refractivity (Wildman–Crippen MR) is 292 cm³/mol. The van der Waals surface area contributed by atoms with Crippen molar-refractivity contribution >= 4 is 0 Å². The van der Waals surface area contributed by atoms with E-state index in [2.05, 4.69) is 0 Å². The van der Waals surface area contributed by atoms with Crippen LogP contribution in [0.4, 0.5) is 0 Å². The van der Waals surface area contributed by atoms with Gasteiger partial charge in [-0.2, -0.15) is 0 Å². The third-order valence-electron chi connectivity index (χ3n) is 5.20. The van der Waals surface area contributed by atoms with Crippen LogP contribution in [0.15, 0.2) is 0 Å². The van der Waals surface area contributed by atoms with Crippen molar-refractivity contribution < 1.29 is 212 Å². The van der Waals surface area contributed by atoms with Crippen molar-refractivity contribution in [3.63, 3.8) is 0 Å². The molecule has 0 aliphatic carbocycles. The van der Waals surface area contributed by atoms with Crippen LogP contribution < -0.4 is 61.3 Å². The zero-order valence-corrected chi connectivity index (χ0v) is 64.3. The first-order valence-electron chi connectivity index (χ1n) is 25.7. The van der Waals surface area contributed by atoms with Crippen LogP contribution in [0.25, 0.3) is 0 Å². The summed E-state index contributed by atoms with van der Waals surface area (Å²) in [6, 6.07) is 0. The zero-order chi connectivity index (χ0) is 62.5. The van der Waals surface area contributed by atoms with Gasteiger partial charge in [-0.1, -0.05) is 314 Å². The Morgan fingerprint density at radius 3 is 0.132 bits per heavy atom. The maximum absolute atomic E-state index is 9.95. The summed E-state index contributed by atoms with van der Waals surface area (Å²) in [5.41, 5.74) is -0.167. The Morgan fingerprint density at radius 2 is 0.132 bits per heavy atom. The topological polar surface area (TPSA) is 277 Å². The van der Waals surface area contributed by atoms with Gasteiger partial charge in [0.05, 0.1) is 0 Å². The molecule has 0 bridgehead atoms. The first kappa shape index (κ1) is 122. The Bertz CT molecular complexity index is 728. The van der Waals surface area contributed by atoms with E-state index in [0.717, 1.165) is 0 Å². The maximum atomic E-state index is 9.95. The van der Waals surface area contributed by atoms with Crippen LogP contribution in [-0.2, 0) is 0 Å². The van der Waals surface area contributed by atoms with Crippen molar-refractivity contribution in [2.45, 2.75) is 249 Å². The average molecular weight is 1710 g/mol. The second-order valence-electron chi connectivity index (χ2n) is 32.5. The fourth-order valence-electron chi connectivity index (χ4n) is 0. The van der Waals surface area contributed by atoms with Gasteiger partial charge in [-0.25, -0.2) is 0 Å². The van der Waals surface area contributed by atoms with Crippen molar-refractivity contribution in [3.05, 3.63) is 0 Å². The monoisotopic (exact) mass is 1700 g/mol. The fraction of sp³-hybridized carbons (Fsp3) is 1.00. The third kappa shape index (κ3) is 287. The minimum absolute atomic E-state index is 0. The Kier molecular flexibility index (Phi) is 101. The molecule has 0 aliphatic rings. The van der Waals surface area contributed by atoms with E-state index in [4.69, 9.17) is 0 Å². The molecular formula is C60H132Ho4O12. The molecule has 0 heterocycles. The molecule has 0 rings (SSSR count). The van der Waals surface area contributed by atoms with E-state index in [-0.39, 0.29) is 295 Å². The van der Waals surface area contributed by atoms with Crippen molar-refractivity contribution in [2.24, 2.45) is 65.0 Å². The molecule has 16 heteroatoms.